The molecule has 1 heterocycles. The van der Waals surface area contributed by atoms with Crippen molar-refractivity contribution in [3.63, 3.8) is 0 Å². The van der Waals surface area contributed by atoms with Crippen molar-refractivity contribution in [2.75, 3.05) is 6.61 Å². The van der Waals surface area contributed by atoms with Gasteiger partial charge in [-0.05, 0) is 18.1 Å². The number of aliphatic carboxylic acids is 1. The SMILES string of the molecule is N[C@@H](CO)CCC(=O)N[C@H](Cc1c[nH]c2ccccc12)C(=O)O.O.[B]. The van der Waals surface area contributed by atoms with Gasteiger partial charge in [0.25, 0.3) is 0 Å². The number of aromatic amines is 1. The number of benzene rings is 1. The summed E-state index contributed by atoms with van der Waals surface area (Å²) in [6.07, 6.45) is 2.34. The quantitative estimate of drug-likeness (QED) is 0.393. The van der Waals surface area contributed by atoms with E-state index in [0.29, 0.717) is 6.42 Å². The van der Waals surface area contributed by atoms with E-state index in [2.05, 4.69) is 10.3 Å². The zero-order chi connectivity index (χ0) is 16.8. The average Bonchev–Trinajstić information content (AvgIpc) is 2.95. The zero-order valence-electron chi connectivity index (χ0n) is 13.7. The maximum atomic E-state index is 11.9. The van der Waals surface area contributed by atoms with Crippen molar-refractivity contribution >= 4 is 31.2 Å². The molecule has 1 amide bonds. The van der Waals surface area contributed by atoms with Gasteiger partial charge >= 0.3 is 5.97 Å². The lowest BCUT2D eigenvalue weighted by molar-refractivity contribution is -0.141. The third kappa shape index (κ3) is 6.22. The van der Waals surface area contributed by atoms with Crippen molar-refractivity contribution in [1.82, 2.24) is 10.3 Å². The summed E-state index contributed by atoms with van der Waals surface area (Å²) in [4.78, 5) is 26.3. The highest BCUT2D eigenvalue weighted by Crippen LogP contribution is 2.19. The van der Waals surface area contributed by atoms with E-state index in [-0.39, 0.29) is 39.2 Å². The summed E-state index contributed by atoms with van der Waals surface area (Å²) >= 11 is 0. The van der Waals surface area contributed by atoms with Gasteiger partial charge < -0.3 is 31.7 Å². The summed E-state index contributed by atoms with van der Waals surface area (Å²) in [5.41, 5.74) is 7.29. The Morgan fingerprint density at radius 2 is 1.96 bits per heavy atom. The molecule has 25 heavy (non-hydrogen) atoms. The number of nitrogens with one attached hydrogen (secondary N) is 2. The van der Waals surface area contributed by atoms with Gasteiger partial charge in [0.1, 0.15) is 6.04 Å². The molecule has 3 radical (unpaired) electrons. The summed E-state index contributed by atoms with van der Waals surface area (Å²) in [7, 11) is 0. The van der Waals surface area contributed by atoms with E-state index in [1.807, 2.05) is 24.3 Å². The number of hydrogen-bond acceptors (Lipinski definition) is 4. The number of carbonyl (C=O) groups is 2. The van der Waals surface area contributed by atoms with Crippen molar-refractivity contribution in [2.45, 2.75) is 31.3 Å². The van der Waals surface area contributed by atoms with Crippen LogP contribution in [0.2, 0.25) is 0 Å². The van der Waals surface area contributed by atoms with Crippen molar-refractivity contribution < 1.29 is 25.3 Å². The number of aromatic nitrogens is 1. The Kier molecular flexibility index (Phi) is 9.51. The summed E-state index contributed by atoms with van der Waals surface area (Å²) in [6.45, 7) is -0.203. The molecule has 0 unspecified atom stereocenters. The van der Waals surface area contributed by atoms with Crippen LogP contribution in [0.15, 0.2) is 30.5 Å². The average molecular weight is 348 g/mol. The fourth-order valence-electron chi connectivity index (χ4n) is 2.39. The van der Waals surface area contributed by atoms with E-state index in [0.717, 1.165) is 16.5 Å². The topological polar surface area (TPSA) is 160 Å². The Morgan fingerprint density at radius 1 is 1.28 bits per heavy atom. The van der Waals surface area contributed by atoms with E-state index >= 15 is 0 Å². The number of nitrogens with two attached hydrogens (primary N) is 1. The second-order valence-electron chi connectivity index (χ2n) is 5.50. The molecule has 8 nitrogen and oxygen atoms in total. The number of fused-ring (bicyclic) bond motifs is 1. The van der Waals surface area contributed by atoms with Gasteiger partial charge in [-0.1, -0.05) is 18.2 Å². The van der Waals surface area contributed by atoms with Crippen molar-refractivity contribution in [1.29, 1.82) is 0 Å². The highest BCUT2D eigenvalue weighted by molar-refractivity contribution is 5.86. The van der Waals surface area contributed by atoms with Crippen LogP contribution in [0.3, 0.4) is 0 Å². The Balaban J connectivity index is 0.00000288. The lowest BCUT2D eigenvalue weighted by Gasteiger charge is -2.15. The van der Waals surface area contributed by atoms with Crippen LogP contribution < -0.4 is 11.1 Å². The minimum atomic E-state index is -1.09. The van der Waals surface area contributed by atoms with Gasteiger partial charge in [-0.3, -0.25) is 4.79 Å². The number of amides is 1. The second-order valence-corrected chi connectivity index (χ2v) is 5.50. The molecule has 8 N–H and O–H groups in total. The fourth-order valence-corrected chi connectivity index (χ4v) is 2.39. The summed E-state index contributed by atoms with van der Waals surface area (Å²) in [5, 5.41) is 21.6. The van der Waals surface area contributed by atoms with Crippen LogP contribution in [0, 0.1) is 0 Å². The monoisotopic (exact) mass is 348 g/mol. The van der Waals surface area contributed by atoms with E-state index in [1.165, 1.54) is 0 Å². The van der Waals surface area contributed by atoms with Crippen LogP contribution in [0.25, 0.3) is 10.9 Å². The Labute approximate surface area is 147 Å². The van der Waals surface area contributed by atoms with Crippen LogP contribution in [-0.4, -0.2) is 59.7 Å². The van der Waals surface area contributed by atoms with E-state index in [4.69, 9.17) is 10.8 Å². The van der Waals surface area contributed by atoms with Gasteiger partial charge in [0, 0.05) is 44.4 Å². The smallest absolute Gasteiger partial charge is 0.326 e. The van der Waals surface area contributed by atoms with Crippen LogP contribution >= 0.6 is 0 Å². The van der Waals surface area contributed by atoms with Gasteiger partial charge in [0.05, 0.1) is 6.61 Å². The Morgan fingerprint density at radius 3 is 2.60 bits per heavy atom. The van der Waals surface area contributed by atoms with Crippen LogP contribution in [-0.2, 0) is 16.0 Å². The van der Waals surface area contributed by atoms with Crippen molar-refractivity contribution in [3.8, 4) is 0 Å². The van der Waals surface area contributed by atoms with Gasteiger partial charge in [-0.25, -0.2) is 4.79 Å². The lowest BCUT2D eigenvalue weighted by Crippen LogP contribution is -2.42. The first-order valence-electron chi connectivity index (χ1n) is 7.45. The Bertz CT molecular complexity index is 691. The van der Waals surface area contributed by atoms with Gasteiger partial charge in [-0.15, -0.1) is 0 Å². The lowest BCUT2D eigenvalue weighted by atomic mass is 10.0. The van der Waals surface area contributed by atoms with E-state index < -0.39 is 18.1 Å². The number of carboxylic acid groups (broad SMARTS) is 1. The fraction of sp³-hybridized carbons (Fsp3) is 0.375. The molecule has 0 saturated carbocycles. The number of carboxylic acids is 1. The number of hydrogen-bond donors (Lipinski definition) is 5. The second kappa shape index (κ2) is 10.5. The summed E-state index contributed by atoms with van der Waals surface area (Å²) < 4.78 is 0. The number of aliphatic hydroxyl groups excluding tert-OH is 1. The highest BCUT2D eigenvalue weighted by Gasteiger charge is 2.22. The minimum absolute atomic E-state index is 0. The molecule has 135 valence electrons. The third-order valence-electron chi connectivity index (χ3n) is 3.71. The molecule has 0 aliphatic carbocycles. The molecule has 9 heteroatoms. The summed E-state index contributed by atoms with van der Waals surface area (Å²) in [6, 6.07) is 6.10. The first kappa shape index (κ1) is 22.6. The molecule has 0 aliphatic heterocycles. The van der Waals surface area contributed by atoms with Gasteiger partial charge in [0.15, 0.2) is 0 Å². The molecular formula is C16H23BN3O5. The predicted octanol–water partition coefficient (Wildman–Crippen LogP) is -0.826. The number of H-pyrrole nitrogens is 1. The van der Waals surface area contributed by atoms with E-state index in [9.17, 15) is 14.7 Å². The molecule has 0 bridgehead atoms. The summed E-state index contributed by atoms with van der Waals surface area (Å²) in [5.74, 6) is -1.48. The molecule has 2 atom stereocenters. The highest BCUT2D eigenvalue weighted by atomic mass is 16.4. The van der Waals surface area contributed by atoms with Crippen LogP contribution in [0.5, 0.6) is 0 Å². The predicted molar refractivity (Wildman–Crippen MR) is 95.2 cm³/mol. The molecule has 1 aromatic heterocycles. The maximum Gasteiger partial charge on any atom is 0.326 e. The molecular weight excluding hydrogens is 325 g/mol. The van der Waals surface area contributed by atoms with Crippen LogP contribution in [0.4, 0.5) is 0 Å². The molecule has 0 saturated heterocycles. The minimum Gasteiger partial charge on any atom is -0.480 e. The largest absolute Gasteiger partial charge is 0.480 e. The normalized spacial score (nSPS) is 12.6. The molecule has 2 aromatic rings. The number of carbonyl (C=O) groups excluding carboxylic acids is 1. The number of rotatable bonds is 8. The van der Waals surface area contributed by atoms with Crippen molar-refractivity contribution in [3.05, 3.63) is 36.0 Å². The maximum absolute atomic E-state index is 11.9. The zero-order valence-corrected chi connectivity index (χ0v) is 13.7. The van der Waals surface area contributed by atoms with Crippen LogP contribution in [0.1, 0.15) is 18.4 Å². The first-order chi connectivity index (χ1) is 11.0. The van der Waals surface area contributed by atoms with Crippen molar-refractivity contribution in [2.24, 2.45) is 5.73 Å². The first-order valence-corrected chi connectivity index (χ1v) is 7.45. The molecule has 0 aliphatic rings. The standard InChI is InChI=1S/C16H21N3O4.B.H2O/c17-11(9-20)5-6-15(21)19-14(16(22)23)7-10-8-18-13-4-2-1-3-12(10)13;;/h1-4,8,11,14,18,20H,5-7,9,17H2,(H,19,21)(H,22,23);;1H2/t11-,14-;;/m1../s1. The van der Waals surface area contributed by atoms with Gasteiger partial charge in [0.2, 0.25) is 5.91 Å². The number of para-hydroxylation sites is 1. The molecule has 1 aromatic carbocycles. The Hall–Kier alpha value is -2.36. The number of aliphatic hydroxyl groups is 1. The molecule has 2 rings (SSSR count). The third-order valence-corrected chi connectivity index (χ3v) is 3.71. The van der Waals surface area contributed by atoms with E-state index in [1.54, 1.807) is 6.20 Å². The van der Waals surface area contributed by atoms with Gasteiger partial charge in [-0.2, -0.15) is 0 Å². The molecule has 0 spiro atoms. The molecule has 0 fully saturated rings.